The first kappa shape index (κ1) is 16.0. The van der Waals surface area contributed by atoms with Gasteiger partial charge in [0.1, 0.15) is 11.8 Å². The number of alkyl halides is 3. The van der Waals surface area contributed by atoms with Gasteiger partial charge < -0.3 is 15.9 Å². The van der Waals surface area contributed by atoms with Gasteiger partial charge >= 0.3 is 6.18 Å². The summed E-state index contributed by atoms with van der Waals surface area (Å²) in [5.41, 5.74) is 5.17. The molecule has 98 valence electrons. The molecule has 7 heteroatoms. The molecule has 0 saturated carbocycles. The molecule has 0 aliphatic carbocycles. The second-order valence-corrected chi connectivity index (χ2v) is 3.49. The number of hydrogen-bond donors (Lipinski definition) is 3. The zero-order valence-electron chi connectivity index (χ0n) is 8.69. The molecule has 0 aliphatic rings. The average molecular weight is 272 g/mol. The monoisotopic (exact) mass is 271 g/mol. The topological polar surface area (TPSA) is 66.5 Å². The van der Waals surface area contributed by atoms with Gasteiger partial charge in [-0.05, 0) is 17.7 Å². The van der Waals surface area contributed by atoms with Gasteiger partial charge in [0.15, 0.2) is 0 Å². The number of rotatable bonds is 3. The Balaban J connectivity index is 0.00000256. The minimum Gasteiger partial charge on any atom is -0.508 e. The number of hydrogen-bond acceptors (Lipinski definition) is 3. The van der Waals surface area contributed by atoms with Crippen LogP contribution in [0.25, 0.3) is 0 Å². The molecule has 3 nitrogen and oxygen atoms in total. The summed E-state index contributed by atoms with van der Waals surface area (Å²) < 4.78 is 36.3. The highest BCUT2D eigenvalue weighted by Gasteiger charge is 2.37. The number of benzene rings is 1. The van der Waals surface area contributed by atoms with Crippen LogP contribution in [0.15, 0.2) is 24.3 Å². The number of phenols is 1. The van der Waals surface area contributed by atoms with Gasteiger partial charge in [-0.15, -0.1) is 12.4 Å². The molecule has 1 rings (SSSR count). The van der Waals surface area contributed by atoms with Crippen molar-refractivity contribution >= 4 is 12.4 Å². The number of halogens is 4. The summed E-state index contributed by atoms with van der Waals surface area (Å²) in [6, 6.07) is 3.22. The van der Waals surface area contributed by atoms with Crippen LogP contribution in [-0.2, 0) is 0 Å². The lowest BCUT2D eigenvalue weighted by atomic mass is 10.0. The second kappa shape index (κ2) is 6.09. The molecule has 4 N–H and O–H groups in total. The van der Waals surface area contributed by atoms with Gasteiger partial charge in [-0.25, -0.2) is 0 Å². The Bertz CT molecular complexity index is 342. The number of aliphatic hydroxyl groups excluding tert-OH is 1. The van der Waals surface area contributed by atoms with Gasteiger partial charge in [-0.2, -0.15) is 13.2 Å². The first-order chi connectivity index (χ1) is 7.30. The van der Waals surface area contributed by atoms with Crippen molar-refractivity contribution < 1.29 is 23.4 Å². The van der Waals surface area contributed by atoms with Crippen molar-refractivity contribution in [1.82, 2.24) is 0 Å². The van der Waals surface area contributed by atoms with E-state index in [1.807, 2.05) is 0 Å². The molecule has 0 radical (unpaired) electrons. The number of phenolic OH excluding ortho intramolecular Hbond substituents is 1. The van der Waals surface area contributed by atoms with Gasteiger partial charge in [-0.1, -0.05) is 12.1 Å². The van der Waals surface area contributed by atoms with Gasteiger partial charge in [0, 0.05) is 6.42 Å². The van der Waals surface area contributed by atoms with E-state index < -0.39 is 24.7 Å². The fourth-order valence-corrected chi connectivity index (χ4v) is 1.21. The van der Waals surface area contributed by atoms with E-state index in [1.54, 1.807) is 0 Å². The Hall–Kier alpha value is -0.980. The normalized spacial score (nSPS) is 14.9. The Morgan fingerprint density at radius 3 is 2.06 bits per heavy atom. The Labute approximate surface area is 102 Å². The van der Waals surface area contributed by atoms with Crippen LogP contribution in [0.4, 0.5) is 13.2 Å². The lowest BCUT2D eigenvalue weighted by Crippen LogP contribution is -2.38. The first-order valence-corrected chi connectivity index (χ1v) is 4.60. The minimum absolute atomic E-state index is 0. The van der Waals surface area contributed by atoms with Crippen molar-refractivity contribution in [2.75, 3.05) is 0 Å². The molecule has 0 bridgehead atoms. The minimum atomic E-state index is -4.52. The predicted octanol–water partition coefficient (Wildman–Crippen LogP) is 2.13. The van der Waals surface area contributed by atoms with Gasteiger partial charge in [0.2, 0.25) is 0 Å². The maximum atomic E-state index is 12.1. The van der Waals surface area contributed by atoms with E-state index in [2.05, 4.69) is 0 Å². The highest BCUT2D eigenvalue weighted by Crippen LogP contribution is 2.27. The van der Waals surface area contributed by atoms with Crippen LogP contribution in [0.5, 0.6) is 5.75 Å². The third-order valence-electron chi connectivity index (χ3n) is 2.18. The van der Waals surface area contributed by atoms with Gasteiger partial charge in [0.05, 0.1) is 6.10 Å². The molecule has 0 spiro atoms. The van der Waals surface area contributed by atoms with Crippen LogP contribution in [0.3, 0.4) is 0 Å². The molecular formula is C10H13ClF3NO2. The molecule has 0 aliphatic heterocycles. The van der Waals surface area contributed by atoms with Crippen LogP contribution in [0.2, 0.25) is 0 Å². The number of nitrogens with two attached hydrogens (primary N) is 1. The van der Waals surface area contributed by atoms with E-state index >= 15 is 0 Å². The van der Waals surface area contributed by atoms with Crippen molar-refractivity contribution in [2.45, 2.75) is 24.7 Å². The van der Waals surface area contributed by atoms with E-state index in [4.69, 9.17) is 10.8 Å². The van der Waals surface area contributed by atoms with E-state index in [9.17, 15) is 18.3 Å². The molecule has 0 heterocycles. The van der Waals surface area contributed by atoms with Crippen molar-refractivity contribution in [1.29, 1.82) is 0 Å². The highest BCUT2D eigenvalue weighted by molar-refractivity contribution is 5.85. The fraction of sp³-hybridized carbons (Fsp3) is 0.400. The number of aliphatic hydroxyl groups is 1. The van der Waals surface area contributed by atoms with Crippen LogP contribution in [0.1, 0.15) is 18.1 Å². The average Bonchev–Trinajstić information content (AvgIpc) is 2.17. The summed E-state index contributed by atoms with van der Waals surface area (Å²) in [6.45, 7) is 0. The quantitative estimate of drug-likeness (QED) is 0.789. The Kier molecular flexibility index (Phi) is 5.74. The lowest BCUT2D eigenvalue weighted by Gasteiger charge is -2.19. The zero-order chi connectivity index (χ0) is 12.3. The molecule has 1 aromatic carbocycles. The van der Waals surface area contributed by atoms with Crippen LogP contribution >= 0.6 is 12.4 Å². The molecule has 0 fully saturated rings. The maximum Gasteiger partial charge on any atom is 0.403 e. The Morgan fingerprint density at radius 1 is 1.18 bits per heavy atom. The third kappa shape index (κ3) is 4.80. The summed E-state index contributed by atoms with van der Waals surface area (Å²) in [6.07, 6.45) is -6.41. The molecular weight excluding hydrogens is 259 g/mol. The molecule has 0 aromatic heterocycles. The molecule has 2 atom stereocenters. The highest BCUT2D eigenvalue weighted by atomic mass is 35.5. The molecule has 1 aromatic rings. The predicted molar refractivity (Wildman–Crippen MR) is 59.0 cm³/mol. The van der Waals surface area contributed by atoms with E-state index in [-0.39, 0.29) is 23.7 Å². The second-order valence-electron chi connectivity index (χ2n) is 3.49. The van der Waals surface area contributed by atoms with Crippen LogP contribution in [0, 0.1) is 0 Å². The molecule has 0 unspecified atom stereocenters. The number of aromatic hydroxyl groups is 1. The molecule has 0 amide bonds. The van der Waals surface area contributed by atoms with Crippen molar-refractivity contribution in [3.05, 3.63) is 29.8 Å². The SMILES string of the molecule is Cl.N[C@H](C[C@H](O)c1ccc(O)cc1)C(F)(F)F. The molecule has 0 saturated heterocycles. The van der Waals surface area contributed by atoms with E-state index in [0.29, 0.717) is 0 Å². The smallest absolute Gasteiger partial charge is 0.403 e. The van der Waals surface area contributed by atoms with Gasteiger partial charge in [-0.3, -0.25) is 0 Å². The fourth-order valence-electron chi connectivity index (χ4n) is 1.21. The summed E-state index contributed by atoms with van der Waals surface area (Å²) in [4.78, 5) is 0. The van der Waals surface area contributed by atoms with E-state index in [1.165, 1.54) is 24.3 Å². The summed E-state index contributed by atoms with van der Waals surface area (Å²) in [7, 11) is 0. The van der Waals surface area contributed by atoms with Gasteiger partial charge in [0.25, 0.3) is 0 Å². The summed E-state index contributed by atoms with van der Waals surface area (Å²) in [5.74, 6) is -0.0175. The standard InChI is InChI=1S/C10H12F3NO2.ClH/c11-10(12,13)9(14)5-8(16)6-1-3-7(15)4-2-6;/h1-4,8-9,15-16H,5,14H2;1H/t8-,9+;/m0./s1. The largest absolute Gasteiger partial charge is 0.508 e. The van der Waals surface area contributed by atoms with Crippen LogP contribution < -0.4 is 5.73 Å². The van der Waals surface area contributed by atoms with Crippen LogP contribution in [-0.4, -0.2) is 22.4 Å². The van der Waals surface area contributed by atoms with Crippen molar-refractivity contribution in [2.24, 2.45) is 5.73 Å². The lowest BCUT2D eigenvalue weighted by molar-refractivity contribution is -0.153. The molecule has 17 heavy (non-hydrogen) atoms. The van der Waals surface area contributed by atoms with Crippen molar-refractivity contribution in [3.8, 4) is 5.75 Å². The van der Waals surface area contributed by atoms with Crippen molar-refractivity contribution in [3.63, 3.8) is 0 Å². The zero-order valence-corrected chi connectivity index (χ0v) is 9.50. The first-order valence-electron chi connectivity index (χ1n) is 4.60. The summed E-state index contributed by atoms with van der Waals surface area (Å²) >= 11 is 0. The maximum absolute atomic E-state index is 12.1. The Morgan fingerprint density at radius 2 is 1.65 bits per heavy atom. The van der Waals surface area contributed by atoms with E-state index in [0.717, 1.165) is 0 Å². The third-order valence-corrected chi connectivity index (χ3v) is 2.18. The summed E-state index contributed by atoms with van der Waals surface area (Å²) in [5, 5.41) is 18.4.